The Labute approximate surface area is 119 Å². The second-order valence-electron chi connectivity index (χ2n) is 5.75. The van der Waals surface area contributed by atoms with Gasteiger partial charge in [-0.3, -0.25) is 0 Å². The van der Waals surface area contributed by atoms with Crippen LogP contribution in [0.3, 0.4) is 0 Å². The van der Waals surface area contributed by atoms with E-state index >= 15 is 0 Å². The maximum Gasteiger partial charge on any atom is 0.225 e. The van der Waals surface area contributed by atoms with E-state index in [-0.39, 0.29) is 11.9 Å². The van der Waals surface area contributed by atoms with Gasteiger partial charge >= 0.3 is 0 Å². The van der Waals surface area contributed by atoms with Gasteiger partial charge in [-0.05, 0) is 57.1 Å². The number of nitrogens with zero attached hydrogens (tertiary/aromatic N) is 2. The van der Waals surface area contributed by atoms with Crippen LogP contribution in [0.4, 0.5) is 0 Å². The first-order valence-electron chi connectivity index (χ1n) is 7.14. The van der Waals surface area contributed by atoms with Crippen LogP contribution in [0.1, 0.15) is 49.4 Å². The van der Waals surface area contributed by atoms with Crippen LogP contribution >= 0.6 is 0 Å². The van der Waals surface area contributed by atoms with Gasteiger partial charge in [0.2, 0.25) is 5.88 Å². The predicted octanol–water partition coefficient (Wildman–Crippen LogP) is 2.75. The highest BCUT2D eigenvalue weighted by molar-refractivity contribution is 6.00. The minimum Gasteiger partial charge on any atom is -0.474 e. The van der Waals surface area contributed by atoms with Gasteiger partial charge in [0, 0.05) is 5.69 Å². The summed E-state index contributed by atoms with van der Waals surface area (Å²) in [6.45, 7) is 6.10. The van der Waals surface area contributed by atoms with Gasteiger partial charge in [0.1, 0.15) is 6.10 Å². The highest BCUT2D eigenvalue weighted by Crippen LogP contribution is 2.29. The van der Waals surface area contributed by atoms with Crippen LogP contribution in [-0.2, 0) is 0 Å². The number of hydrogen-bond acceptors (Lipinski definition) is 4. The molecule has 5 heteroatoms. The molecule has 1 fully saturated rings. The number of ether oxygens (including phenoxy) is 1. The van der Waals surface area contributed by atoms with Gasteiger partial charge in [-0.25, -0.2) is 4.98 Å². The standard InChI is InChI=1S/C15H23N3O2/c1-9-4-6-12(7-5-9)20-15-13(14(16)18-19)10(2)8-11(3)17-15/h8-9,12,19H,4-7H2,1-3H3,(H2,16,18). The van der Waals surface area contributed by atoms with Crippen LogP contribution in [0.2, 0.25) is 0 Å². The molecule has 20 heavy (non-hydrogen) atoms. The van der Waals surface area contributed by atoms with E-state index in [2.05, 4.69) is 17.1 Å². The monoisotopic (exact) mass is 277 g/mol. The summed E-state index contributed by atoms with van der Waals surface area (Å²) < 4.78 is 6.04. The van der Waals surface area contributed by atoms with Gasteiger partial charge in [-0.15, -0.1) is 0 Å². The average Bonchev–Trinajstić information content (AvgIpc) is 2.40. The van der Waals surface area contributed by atoms with Crippen molar-refractivity contribution >= 4 is 5.84 Å². The minimum atomic E-state index is 0.0502. The van der Waals surface area contributed by atoms with Crippen LogP contribution in [0.15, 0.2) is 11.2 Å². The van der Waals surface area contributed by atoms with Crippen molar-refractivity contribution in [2.24, 2.45) is 16.8 Å². The van der Waals surface area contributed by atoms with Gasteiger partial charge in [0.15, 0.2) is 5.84 Å². The molecule has 110 valence electrons. The molecule has 1 aromatic heterocycles. The maximum absolute atomic E-state index is 8.93. The first-order valence-corrected chi connectivity index (χ1v) is 7.14. The minimum absolute atomic E-state index is 0.0502. The summed E-state index contributed by atoms with van der Waals surface area (Å²) in [5, 5.41) is 12.0. The Morgan fingerprint density at radius 3 is 2.60 bits per heavy atom. The fourth-order valence-corrected chi connectivity index (χ4v) is 2.75. The third-order valence-electron chi connectivity index (χ3n) is 3.92. The lowest BCUT2D eigenvalue weighted by atomic mass is 9.89. The molecule has 1 aliphatic carbocycles. The number of pyridine rings is 1. The molecule has 0 unspecified atom stereocenters. The topological polar surface area (TPSA) is 80.7 Å². The van der Waals surface area contributed by atoms with Crippen molar-refractivity contribution in [3.8, 4) is 5.88 Å². The third kappa shape index (κ3) is 3.21. The zero-order valence-corrected chi connectivity index (χ0v) is 12.4. The van der Waals surface area contributed by atoms with Crippen molar-refractivity contribution in [1.29, 1.82) is 0 Å². The first kappa shape index (κ1) is 14.6. The molecule has 0 bridgehead atoms. The lowest BCUT2D eigenvalue weighted by Crippen LogP contribution is -2.26. The highest BCUT2D eigenvalue weighted by atomic mass is 16.5. The fraction of sp³-hybridized carbons (Fsp3) is 0.600. The van der Waals surface area contributed by atoms with Gasteiger partial charge in [-0.1, -0.05) is 12.1 Å². The van der Waals surface area contributed by atoms with E-state index < -0.39 is 0 Å². The maximum atomic E-state index is 8.93. The molecule has 5 nitrogen and oxygen atoms in total. The third-order valence-corrected chi connectivity index (χ3v) is 3.92. The quantitative estimate of drug-likeness (QED) is 0.385. The molecule has 0 saturated heterocycles. The molecule has 0 amide bonds. The summed E-state index contributed by atoms with van der Waals surface area (Å²) in [7, 11) is 0. The van der Waals surface area contributed by atoms with Crippen LogP contribution in [0.25, 0.3) is 0 Å². The Morgan fingerprint density at radius 1 is 1.35 bits per heavy atom. The molecule has 1 saturated carbocycles. The zero-order valence-electron chi connectivity index (χ0n) is 12.4. The van der Waals surface area contributed by atoms with Crippen molar-refractivity contribution in [2.45, 2.75) is 52.6 Å². The van der Waals surface area contributed by atoms with Gasteiger partial charge in [0.05, 0.1) is 5.56 Å². The van der Waals surface area contributed by atoms with Crippen molar-refractivity contribution in [3.63, 3.8) is 0 Å². The van der Waals surface area contributed by atoms with Crippen molar-refractivity contribution < 1.29 is 9.94 Å². The summed E-state index contributed by atoms with van der Waals surface area (Å²) >= 11 is 0. The smallest absolute Gasteiger partial charge is 0.225 e. The Bertz CT molecular complexity index is 506. The van der Waals surface area contributed by atoms with E-state index in [1.54, 1.807) is 0 Å². The average molecular weight is 277 g/mol. The van der Waals surface area contributed by atoms with E-state index in [0.717, 1.165) is 30.0 Å². The summed E-state index contributed by atoms with van der Waals surface area (Å²) in [6.07, 6.45) is 4.59. The van der Waals surface area contributed by atoms with Crippen molar-refractivity contribution in [3.05, 3.63) is 22.9 Å². The number of oxime groups is 1. The van der Waals surface area contributed by atoms with E-state index in [1.165, 1.54) is 12.8 Å². The number of nitrogens with two attached hydrogens (primary N) is 1. The van der Waals surface area contributed by atoms with Crippen LogP contribution in [-0.4, -0.2) is 22.1 Å². The summed E-state index contributed by atoms with van der Waals surface area (Å²) in [6, 6.07) is 1.91. The summed E-state index contributed by atoms with van der Waals surface area (Å²) in [5.74, 6) is 1.30. The number of aryl methyl sites for hydroxylation is 2. The van der Waals surface area contributed by atoms with Gasteiger partial charge < -0.3 is 15.7 Å². The Hall–Kier alpha value is -1.78. The van der Waals surface area contributed by atoms with E-state index in [4.69, 9.17) is 15.7 Å². The lowest BCUT2D eigenvalue weighted by molar-refractivity contribution is 0.129. The summed E-state index contributed by atoms with van der Waals surface area (Å²) in [5.41, 5.74) is 8.13. The molecule has 2 rings (SSSR count). The number of hydrogen-bond donors (Lipinski definition) is 2. The van der Waals surface area contributed by atoms with E-state index in [1.807, 2.05) is 19.9 Å². The summed E-state index contributed by atoms with van der Waals surface area (Å²) in [4.78, 5) is 4.42. The Morgan fingerprint density at radius 2 is 2.00 bits per heavy atom. The van der Waals surface area contributed by atoms with Crippen molar-refractivity contribution in [2.75, 3.05) is 0 Å². The largest absolute Gasteiger partial charge is 0.474 e. The Kier molecular flexibility index (Phi) is 4.47. The molecular formula is C15H23N3O2. The molecule has 0 atom stereocenters. The fourth-order valence-electron chi connectivity index (χ4n) is 2.75. The molecule has 1 heterocycles. The Balaban J connectivity index is 2.26. The lowest BCUT2D eigenvalue weighted by Gasteiger charge is -2.27. The molecule has 0 aromatic carbocycles. The second-order valence-corrected chi connectivity index (χ2v) is 5.75. The second kappa shape index (κ2) is 6.11. The van der Waals surface area contributed by atoms with Crippen molar-refractivity contribution in [1.82, 2.24) is 4.98 Å². The molecule has 3 N–H and O–H groups in total. The number of amidine groups is 1. The predicted molar refractivity (Wildman–Crippen MR) is 78.3 cm³/mol. The molecule has 1 aliphatic rings. The van der Waals surface area contributed by atoms with E-state index in [0.29, 0.717) is 11.4 Å². The van der Waals surface area contributed by atoms with Crippen LogP contribution in [0, 0.1) is 19.8 Å². The van der Waals surface area contributed by atoms with Gasteiger partial charge in [-0.2, -0.15) is 0 Å². The number of rotatable bonds is 3. The highest BCUT2D eigenvalue weighted by Gasteiger charge is 2.23. The molecule has 0 radical (unpaired) electrons. The van der Waals surface area contributed by atoms with Crippen LogP contribution < -0.4 is 10.5 Å². The molecular weight excluding hydrogens is 254 g/mol. The first-order chi connectivity index (χ1) is 9.51. The normalized spacial score (nSPS) is 23.6. The van der Waals surface area contributed by atoms with Gasteiger partial charge in [0.25, 0.3) is 0 Å². The van der Waals surface area contributed by atoms with Crippen LogP contribution in [0.5, 0.6) is 5.88 Å². The zero-order chi connectivity index (χ0) is 14.7. The SMILES string of the molecule is Cc1cc(C)c(C(N)=NO)c(OC2CCC(C)CC2)n1. The number of aromatic nitrogens is 1. The molecule has 0 spiro atoms. The molecule has 1 aromatic rings. The molecule has 0 aliphatic heterocycles. The van der Waals surface area contributed by atoms with E-state index in [9.17, 15) is 0 Å².